The molecule has 0 rings (SSSR count). The summed E-state index contributed by atoms with van der Waals surface area (Å²) in [5.74, 6) is 0.00824. The van der Waals surface area contributed by atoms with Crippen molar-refractivity contribution in [2.75, 3.05) is 6.61 Å². The number of aliphatic hydroxyl groups is 1. The van der Waals surface area contributed by atoms with E-state index in [0.29, 0.717) is 13.0 Å². The van der Waals surface area contributed by atoms with Gasteiger partial charge in [-0.15, -0.1) is 0 Å². The molecule has 0 aromatic carbocycles. The van der Waals surface area contributed by atoms with Crippen molar-refractivity contribution in [2.45, 2.75) is 335 Å². The van der Waals surface area contributed by atoms with E-state index in [9.17, 15) is 9.90 Å². The number of aliphatic hydroxyl groups excluding tert-OH is 1. The number of carbonyl (C=O) groups excluding carboxylic acids is 1. The highest BCUT2D eigenvalue weighted by Crippen LogP contribution is 2.18. The average Bonchev–Trinajstić information content (AvgIpc) is 3.24. The normalized spacial score (nSPS) is 12.3. The second-order valence-corrected chi connectivity index (χ2v) is 19.1. The van der Waals surface area contributed by atoms with Gasteiger partial charge in [0.05, 0.1) is 12.7 Å². The Balaban J connectivity index is 3.18. The fraction of sp³-hybridized carbons (Fsp3) is 0.946. The first-order valence-electron chi connectivity index (χ1n) is 27.7. The first-order valence-corrected chi connectivity index (χ1v) is 27.7. The van der Waals surface area contributed by atoms with Gasteiger partial charge in [0.2, 0.25) is 0 Å². The van der Waals surface area contributed by atoms with E-state index in [1.807, 2.05) is 0 Å². The third-order valence-corrected chi connectivity index (χ3v) is 13.0. The molecule has 0 aromatic heterocycles. The predicted octanol–water partition coefficient (Wildman–Crippen LogP) is 19.6. The maximum Gasteiger partial charge on any atom is 0.305 e. The fourth-order valence-electron chi connectivity index (χ4n) is 8.80. The number of ether oxygens (including phenoxy) is 1. The maximum absolute atomic E-state index is 12.1. The summed E-state index contributed by atoms with van der Waals surface area (Å²) in [6, 6.07) is 0. The standard InChI is InChI=1S/C56H110O3/c1-3-5-7-9-10-11-12-13-14-15-16-17-18-19-20-21-22-23-24-25-26-27-28-29-30-31-32-33-34-35-36-39-42-45-49-53-56(58)59-54-50-46-43-40-37-38-41-44-48-52-55(57)51-47-8-6-4-2/h44,48,55,57H,3-43,45-47,49-54H2,1-2H3/b48-44-/t55-/m1/s1. The summed E-state index contributed by atoms with van der Waals surface area (Å²) in [6.07, 6.45) is 69.8. The van der Waals surface area contributed by atoms with Gasteiger partial charge in [-0.05, 0) is 38.5 Å². The molecule has 0 aromatic rings. The van der Waals surface area contributed by atoms with Crippen molar-refractivity contribution in [3.8, 4) is 0 Å². The van der Waals surface area contributed by atoms with Gasteiger partial charge in [0.25, 0.3) is 0 Å². The number of rotatable bonds is 52. The molecule has 0 amide bonds. The Morgan fingerprint density at radius 2 is 0.661 bits per heavy atom. The molecule has 3 nitrogen and oxygen atoms in total. The second-order valence-electron chi connectivity index (χ2n) is 19.1. The molecule has 0 aliphatic carbocycles. The van der Waals surface area contributed by atoms with E-state index < -0.39 is 0 Å². The molecule has 0 bridgehead atoms. The van der Waals surface area contributed by atoms with Crippen LogP contribution in [0.4, 0.5) is 0 Å². The van der Waals surface area contributed by atoms with Crippen LogP contribution in [0.5, 0.6) is 0 Å². The number of esters is 1. The van der Waals surface area contributed by atoms with Crippen LogP contribution in [0.2, 0.25) is 0 Å². The van der Waals surface area contributed by atoms with Gasteiger partial charge in [-0.2, -0.15) is 0 Å². The van der Waals surface area contributed by atoms with Gasteiger partial charge in [-0.25, -0.2) is 0 Å². The number of hydrogen-bond donors (Lipinski definition) is 1. The molecule has 59 heavy (non-hydrogen) atoms. The lowest BCUT2D eigenvalue weighted by molar-refractivity contribution is -0.143. The van der Waals surface area contributed by atoms with Crippen molar-refractivity contribution in [3.63, 3.8) is 0 Å². The molecular formula is C56H110O3. The number of carbonyl (C=O) groups is 1. The van der Waals surface area contributed by atoms with Crippen molar-refractivity contribution in [2.24, 2.45) is 0 Å². The average molecular weight is 831 g/mol. The third-order valence-electron chi connectivity index (χ3n) is 13.0. The summed E-state index contributed by atoms with van der Waals surface area (Å²) in [6.45, 7) is 5.13. The van der Waals surface area contributed by atoms with Crippen LogP contribution in [0.3, 0.4) is 0 Å². The van der Waals surface area contributed by atoms with Crippen molar-refractivity contribution < 1.29 is 14.6 Å². The Labute approximate surface area is 372 Å². The molecule has 0 aliphatic heterocycles. The van der Waals surface area contributed by atoms with E-state index in [1.165, 1.54) is 263 Å². The number of allylic oxidation sites excluding steroid dienone is 1. The molecule has 0 heterocycles. The van der Waals surface area contributed by atoms with E-state index in [0.717, 1.165) is 44.9 Å². The van der Waals surface area contributed by atoms with Crippen LogP contribution in [-0.4, -0.2) is 23.8 Å². The molecule has 0 unspecified atom stereocenters. The van der Waals surface area contributed by atoms with Crippen LogP contribution in [0, 0.1) is 0 Å². The van der Waals surface area contributed by atoms with Crippen LogP contribution < -0.4 is 0 Å². The van der Waals surface area contributed by atoms with E-state index >= 15 is 0 Å². The van der Waals surface area contributed by atoms with Crippen molar-refractivity contribution >= 4 is 5.97 Å². The molecule has 0 fully saturated rings. The lowest BCUT2D eigenvalue weighted by Gasteiger charge is -2.07. The molecule has 0 saturated heterocycles. The zero-order valence-electron chi connectivity index (χ0n) is 40.9. The molecular weight excluding hydrogens is 721 g/mol. The lowest BCUT2D eigenvalue weighted by atomic mass is 10.0. The third kappa shape index (κ3) is 53.2. The summed E-state index contributed by atoms with van der Waals surface area (Å²) >= 11 is 0. The monoisotopic (exact) mass is 831 g/mol. The van der Waals surface area contributed by atoms with Crippen LogP contribution in [0.15, 0.2) is 12.2 Å². The lowest BCUT2D eigenvalue weighted by Crippen LogP contribution is -2.05. The molecule has 0 aliphatic rings. The van der Waals surface area contributed by atoms with Gasteiger partial charge < -0.3 is 9.84 Å². The maximum atomic E-state index is 12.1. The summed E-state index contributed by atoms with van der Waals surface area (Å²) < 4.78 is 5.47. The molecule has 1 atom stereocenters. The molecule has 352 valence electrons. The summed E-state index contributed by atoms with van der Waals surface area (Å²) in [4.78, 5) is 12.1. The predicted molar refractivity (Wildman–Crippen MR) is 264 cm³/mol. The van der Waals surface area contributed by atoms with Crippen molar-refractivity contribution in [1.29, 1.82) is 0 Å². The van der Waals surface area contributed by atoms with E-state index in [-0.39, 0.29) is 12.1 Å². The van der Waals surface area contributed by atoms with Crippen LogP contribution in [0.1, 0.15) is 328 Å². The van der Waals surface area contributed by atoms with Gasteiger partial charge in [0.15, 0.2) is 0 Å². The van der Waals surface area contributed by atoms with Crippen LogP contribution in [0.25, 0.3) is 0 Å². The van der Waals surface area contributed by atoms with Gasteiger partial charge in [0.1, 0.15) is 0 Å². The molecule has 3 heteroatoms. The quantitative estimate of drug-likeness (QED) is 0.0377. The largest absolute Gasteiger partial charge is 0.466 e. The zero-order valence-corrected chi connectivity index (χ0v) is 40.9. The smallest absolute Gasteiger partial charge is 0.305 e. The Bertz CT molecular complexity index is 792. The van der Waals surface area contributed by atoms with Gasteiger partial charge in [-0.1, -0.05) is 296 Å². The van der Waals surface area contributed by atoms with Crippen LogP contribution in [-0.2, 0) is 9.53 Å². The number of unbranched alkanes of at least 4 members (excludes halogenated alkanes) is 43. The molecule has 0 saturated carbocycles. The zero-order chi connectivity index (χ0) is 42.6. The minimum absolute atomic E-state index is 0.00824. The Kier molecular flexibility index (Phi) is 52.6. The molecule has 0 radical (unpaired) electrons. The highest BCUT2D eigenvalue weighted by atomic mass is 16.5. The highest BCUT2D eigenvalue weighted by Gasteiger charge is 2.04. The Morgan fingerprint density at radius 1 is 0.373 bits per heavy atom. The van der Waals surface area contributed by atoms with E-state index in [2.05, 4.69) is 26.0 Å². The van der Waals surface area contributed by atoms with Gasteiger partial charge in [0, 0.05) is 6.42 Å². The molecule has 0 spiro atoms. The summed E-state index contributed by atoms with van der Waals surface area (Å²) in [7, 11) is 0. The molecule has 1 N–H and O–H groups in total. The SMILES string of the molecule is CCCCCCCCCCCCCCCCCCCCCCCCCCCCCCCCCCCCCC(=O)OCCCCCCCC/C=C\C[C@H](O)CCCCCC. The van der Waals surface area contributed by atoms with Crippen LogP contribution >= 0.6 is 0 Å². The summed E-state index contributed by atoms with van der Waals surface area (Å²) in [5, 5.41) is 10.0. The topological polar surface area (TPSA) is 46.5 Å². The number of hydrogen-bond acceptors (Lipinski definition) is 3. The first-order chi connectivity index (χ1) is 29.2. The van der Waals surface area contributed by atoms with Crippen molar-refractivity contribution in [3.05, 3.63) is 12.2 Å². The summed E-state index contributed by atoms with van der Waals surface area (Å²) in [5.41, 5.74) is 0. The first kappa shape index (κ1) is 58.2. The van der Waals surface area contributed by atoms with E-state index in [4.69, 9.17) is 4.74 Å². The van der Waals surface area contributed by atoms with Gasteiger partial charge >= 0.3 is 5.97 Å². The van der Waals surface area contributed by atoms with E-state index in [1.54, 1.807) is 0 Å². The second kappa shape index (κ2) is 53.3. The Morgan fingerprint density at radius 3 is 1.02 bits per heavy atom. The van der Waals surface area contributed by atoms with Gasteiger partial charge in [-0.3, -0.25) is 4.79 Å². The minimum Gasteiger partial charge on any atom is -0.466 e. The Hall–Kier alpha value is -0.830. The van der Waals surface area contributed by atoms with Crippen molar-refractivity contribution in [1.82, 2.24) is 0 Å². The minimum atomic E-state index is -0.158. The fourth-order valence-corrected chi connectivity index (χ4v) is 8.80. The highest BCUT2D eigenvalue weighted by molar-refractivity contribution is 5.69.